The van der Waals surface area contributed by atoms with Crippen LogP contribution in [-0.4, -0.2) is 34.8 Å². The van der Waals surface area contributed by atoms with Crippen LogP contribution in [0.25, 0.3) is 0 Å². The fourth-order valence-corrected chi connectivity index (χ4v) is 2.14. The van der Waals surface area contributed by atoms with Crippen molar-refractivity contribution in [2.75, 3.05) is 18.9 Å². The van der Waals surface area contributed by atoms with Gasteiger partial charge in [0.05, 0.1) is 12.7 Å². The molecule has 2 unspecified atom stereocenters. The fourth-order valence-electron chi connectivity index (χ4n) is 1.10. The van der Waals surface area contributed by atoms with Gasteiger partial charge in [0.2, 0.25) is 0 Å². The Hall–Kier alpha value is -0.240. The lowest BCUT2D eigenvalue weighted by atomic mass is 10.0. The number of aliphatic hydroxyl groups is 1. The van der Waals surface area contributed by atoms with Crippen LogP contribution >= 0.6 is 11.8 Å². The molecule has 3 nitrogen and oxygen atoms in total. The number of hydrogen-bond donors (Lipinski definition) is 2. The van der Waals surface area contributed by atoms with Crippen LogP contribution in [0.15, 0.2) is 0 Å². The van der Waals surface area contributed by atoms with E-state index in [4.69, 9.17) is 10.4 Å². The summed E-state index contributed by atoms with van der Waals surface area (Å²) in [6, 6.07) is 2.32. The number of aliphatic hydroxyl groups excluding tert-OH is 1. The molecule has 0 aliphatic carbocycles. The van der Waals surface area contributed by atoms with E-state index in [9.17, 15) is 0 Å². The summed E-state index contributed by atoms with van der Waals surface area (Å²) in [7, 11) is 0. The summed E-state index contributed by atoms with van der Waals surface area (Å²) in [5.41, 5.74) is -0.418. The van der Waals surface area contributed by atoms with Gasteiger partial charge in [-0.3, -0.25) is 5.32 Å². The minimum atomic E-state index is -0.418. The van der Waals surface area contributed by atoms with Gasteiger partial charge in [-0.15, -0.1) is 0 Å². The highest BCUT2D eigenvalue weighted by atomic mass is 32.2. The summed E-state index contributed by atoms with van der Waals surface area (Å²) >= 11 is 1.71. The predicted octanol–water partition coefficient (Wildman–Crippen LogP) is 1.77. The SMILES string of the molecule is CCCNC(C)(C#N)CCSC(C)CO. The van der Waals surface area contributed by atoms with E-state index < -0.39 is 5.54 Å². The molecule has 0 spiro atoms. The Kier molecular flexibility index (Phi) is 7.85. The fraction of sp³-hybridized carbons (Fsp3) is 0.909. The number of nitrogens with one attached hydrogen (secondary N) is 1. The third kappa shape index (κ3) is 6.77. The van der Waals surface area contributed by atoms with Crippen molar-refractivity contribution in [1.82, 2.24) is 5.32 Å². The zero-order valence-corrected chi connectivity index (χ0v) is 10.7. The Morgan fingerprint density at radius 1 is 1.60 bits per heavy atom. The van der Waals surface area contributed by atoms with Crippen molar-refractivity contribution in [2.45, 2.75) is 44.4 Å². The average Bonchev–Trinajstić information content (AvgIpc) is 2.26. The average molecular weight is 230 g/mol. The second-order valence-electron chi connectivity index (χ2n) is 3.98. The van der Waals surface area contributed by atoms with Crippen LogP contribution in [0.5, 0.6) is 0 Å². The van der Waals surface area contributed by atoms with E-state index >= 15 is 0 Å². The van der Waals surface area contributed by atoms with Crippen molar-refractivity contribution >= 4 is 11.8 Å². The second-order valence-corrected chi connectivity index (χ2v) is 5.53. The van der Waals surface area contributed by atoms with Crippen molar-refractivity contribution in [2.24, 2.45) is 0 Å². The first-order chi connectivity index (χ1) is 7.08. The Bertz CT molecular complexity index is 205. The lowest BCUT2D eigenvalue weighted by molar-refractivity contribution is 0.300. The third-order valence-electron chi connectivity index (χ3n) is 2.27. The molecule has 0 aromatic rings. The van der Waals surface area contributed by atoms with Crippen LogP contribution in [0, 0.1) is 11.3 Å². The molecule has 0 aliphatic heterocycles. The first kappa shape index (κ1) is 14.8. The highest BCUT2D eigenvalue weighted by Crippen LogP contribution is 2.17. The molecule has 2 N–H and O–H groups in total. The van der Waals surface area contributed by atoms with Gasteiger partial charge >= 0.3 is 0 Å². The van der Waals surface area contributed by atoms with Gasteiger partial charge in [0.15, 0.2) is 0 Å². The summed E-state index contributed by atoms with van der Waals surface area (Å²) in [4.78, 5) is 0. The van der Waals surface area contributed by atoms with Crippen LogP contribution in [0.2, 0.25) is 0 Å². The molecule has 15 heavy (non-hydrogen) atoms. The Morgan fingerprint density at radius 3 is 2.73 bits per heavy atom. The van der Waals surface area contributed by atoms with E-state index in [0.717, 1.165) is 25.1 Å². The molecule has 0 saturated carbocycles. The molecule has 0 bridgehead atoms. The maximum absolute atomic E-state index is 9.06. The van der Waals surface area contributed by atoms with Gasteiger partial charge in [-0.2, -0.15) is 17.0 Å². The quantitative estimate of drug-likeness (QED) is 0.667. The second kappa shape index (κ2) is 7.98. The van der Waals surface area contributed by atoms with Crippen LogP contribution in [0.4, 0.5) is 0 Å². The predicted molar refractivity (Wildman–Crippen MR) is 65.9 cm³/mol. The molecule has 0 amide bonds. The molecular weight excluding hydrogens is 208 g/mol. The number of hydrogen-bond acceptors (Lipinski definition) is 4. The summed E-state index contributed by atoms with van der Waals surface area (Å²) in [6.45, 7) is 7.11. The molecule has 0 aromatic carbocycles. The van der Waals surface area contributed by atoms with Crippen molar-refractivity contribution < 1.29 is 5.11 Å². The largest absolute Gasteiger partial charge is 0.395 e. The molecule has 0 rings (SSSR count). The number of thioether (sulfide) groups is 1. The lowest BCUT2D eigenvalue weighted by Gasteiger charge is -2.23. The van der Waals surface area contributed by atoms with Gasteiger partial charge in [-0.1, -0.05) is 13.8 Å². The van der Waals surface area contributed by atoms with Crippen LogP contribution in [0.1, 0.15) is 33.6 Å². The Balaban J connectivity index is 3.83. The first-order valence-electron chi connectivity index (χ1n) is 5.46. The summed E-state index contributed by atoms with van der Waals surface area (Å²) < 4.78 is 0. The zero-order chi connectivity index (χ0) is 11.7. The van der Waals surface area contributed by atoms with Gasteiger partial charge < -0.3 is 5.11 Å². The maximum Gasteiger partial charge on any atom is 0.104 e. The lowest BCUT2D eigenvalue weighted by Crippen LogP contribution is -2.41. The van der Waals surface area contributed by atoms with Gasteiger partial charge in [-0.25, -0.2) is 0 Å². The number of nitriles is 1. The standard InChI is InChI=1S/C11H22N2OS/c1-4-6-13-11(3,9-12)5-7-15-10(2)8-14/h10,13-14H,4-8H2,1-3H3. The number of nitrogens with zero attached hydrogens (tertiary/aromatic N) is 1. The normalized spacial score (nSPS) is 16.7. The van der Waals surface area contributed by atoms with Crippen molar-refractivity contribution in [3.8, 4) is 6.07 Å². The Morgan fingerprint density at radius 2 is 2.27 bits per heavy atom. The minimum absolute atomic E-state index is 0.205. The zero-order valence-electron chi connectivity index (χ0n) is 9.92. The molecule has 0 aliphatic rings. The highest BCUT2D eigenvalue weighted by molar-refractivity contribution is 7.99. The van der Waals surface area contributed by atoms with E-state index in [1.807, 2.05) is 13.8 Å². The molecule has 2 atom stereocenters. The molecule has 0 aromatic heterocycles. The van der Waals surface area contributed by atoms with Crippen LogP contribution < -0.4 is 5.32 Å². The summed E-state index contributed by atoms with van der Waals surface area (Å²) in [5.74, 6) is 0.905. The van der Waals surface area contributed by atoms with E-state index in [-0.39, 0.29) is 11.9 Å². The topological polar surface area (TPSA) is 56.0 Å². The van der Waals surface area contributed by atoms with Crippen molar-refractivity contribution in [1.29, 1.82) is 5.26 Å². The Labute approximate surface area is 97.2 Å². The molecular formula is C11H22N2OS. The third-order valence-corrected chi connectivity index (χ3v) is 3.43. The summed E-state index contributed by atoms with van der Waals surface area (Å²) in [6.07, 6.45) is 1.86. The molecule has 0 heterocycles. The molecule has 88 valence electrons. The van der Waals surface area contributed by atoms with Crippen LogP contribution in [0.3, 0.4) is 0 Å². The maximum atomic E-state index is 9.06. The smallest absolute Gasteiger partial charge is 0.104 e. The first-order valence-corrected chi connectivity index (χ1v) is 6.51. The van der Waals surface area contributed by atoms with E-state index in [1.165, 1.54) is 0 Å². The molecule has 0 saturated heterocycles. The monoisotopic (exact) mass is 230 g/mol. The van der Waals surface area contributed by atoms with Crippen LogP contribution in [-0.2, 0) is 0 Å². The van der Waals surface area contributed by atoms with Gasteiger partial charge in [-0.05, 0) is 32.1 Å². The molecule has 0 fully saturated rings. The van der Waals surface area contributed by atoms with Gasteiger partial charge in [0, 0.05) is 5.25 Å². The van der Waals surface area contributed by atoms with Crippen molar-refractivity contribution in [3.05, 3.63) is 0 Å². The number of rotatable bonds is 8. The van der Waals surface area contributed by atoms with E-state index in [2.05, 4.69) is 18.3 Å². The van der Waals surface area contributed by atoms with Crippen molar-refractivity contribution in [3.63, 3.8) is 0 Å². The van der Waals surface area contributed by atoms with Gasteiger partial charge in [0.1, 0.15) is 5.54 Å². The van der Waals surface area contributed by atoms with E-state index in [0.29, 0.717) is 0 Å². The minimum Gasteiger partial charge on any atom is -0.395 e. The van der Waals surface area contributed by atoms with Gasteiger partial charge in [0.25, 0.3) is 0 Å². The summed E-state index contributed by atoms with van der Waals surface area (Å²) in [5, 5.41) is 21.4. The molecule has 4 heteroatoms. The highest BCUT2D eigenvalue weighted by Gasteiger charge is 2.22. The molecule has 0 radical (unpaired) electrons. The van der Waals surface area contributed by atoms with E-state index in [1.54, 1.807) is 11.8 Å².